The van der Waals surface area contributed by atoms with Crippen molar-refractivity contribution in [3.8, 4) is 0 Å². The molecule has 3 nitrogen and oxygen atoms in total. The lowest BCUT2D eigenvalue weighted by atomic mass is 9.59. The van der Waals surface area contributed by atoms with Gasteiger partial charge in [0.1, 0.15) is 11.7 Å². The van der Waals surface area contributed by atoms with E-state index in [9.17, 15) is 0 Å². The summed E-state index contributed by atoms with van der Waals surface area (Å²) in [6.45, 7) is 8.29. The van der Waals surface area contributed by atoms with Gasteiger partial charge in [0.15, 0.2) is 5.79 Å². The molecule has 0 aromatic carbocycles. The van der Waals surface area contributed by atoms with Gasteiger partial charge in [0, 0.05) is 17.4 Å². The predicted molar refractivity (Wildman–Crippen MR) is 78.8 cm³/mol. The van der Waals surface area contributed by atoms with E-state index in [0.717, 1.165) is 32.5 Å². The molecular formula is C18H24O3. The third-order valence-electron chi connectivity index (χ3n) is 6.56. The van der Waals surface area contributed by atoms with Crippen LogP contribution in [0.4, 0.5) is 0 Å². The van der Waals surface area contributed by atoms with Crippen molar-refractivity contribution in [1.29, 1.82) is 0 Å². The summed E-state index contributed by atoms with van der Waals surface area (Å²) in [6.07, 6.45) is 9.37. The van der Waals surface area contributed by atoms with E-state index < -0.39 is 5.79 Å². The summed E-state index contributed by atoms with van der Waals surface area (Å²) >= 11 is 0. The second-order valence-corrected chi connectivity index (χ2v) is 8.28. The summed E-state index contributed by atoms with van der Waals surface area (Å²) in [5.74, 6) is -0.462. The first kappa shape index (κ1) is 12.9. The van der Waals surface area contributed by atoms with E-state index in [4.69, 9.17) is 14.2 Å². The lowest BCUT2D eigenvalue weighted by Crippen LogP contribution is -2.56. The van der Waals surface area contributed by atoms with Crippen LogP contribution >= 0.6 is 0 Å². The maximum atomic E-state index is 6.39. The van der Waals surface area contributed by atoms with Crippen molar-refractivity contribution in [3.05, 3.63) is 23.3 Å². The molecule has 0 unspecified atom stereocenters. The van der Waals surface area contributed by atoms with Crippen LogP contribution in [0.3, 0.4) is 0 Å². The Morgan fingerprint density at radius 1 is 1.19 bits per heavy atom. The number of fused-ring (bicyclic) bond motifs is 1. The molecule has 114 valence electrons. The molecule has 0 radical (unpaired) electrons. The first-order valence-electron chi connectivity index (χ1n) is 8.30. The van der Waals surface area contributed by atoms with Crippen LogP contribution in [-0.2, 0) is 14.2 Å². The smallest absolute Gasteiger partial charge is 0.165 e. The van der Waals surface area contributed by atoms with E-state index in [-0.39, 0.29) is 11.7 Å². The molecule has 0 aromatic heterocycles. The highest BCUT2D eigenvalue weighted by Gasteiger charge is 2.76. The van der Waals surface area contributed by atoms with E-state index >= 15 is 0 Å². The van der Waals surface area contributed by atoms with Crippen LogP contribution < -0.4 is 0 Å². The molecule has 2 heterocycles. The molecule has 3 aliphatic carbocycles. The zero-order valence-corrected chi connectivity index (χ0v) is 13.2. The van der Waals surface area contributed by atoms with E-state index in [2.05, 4.69) is 32.9 Å². The van der Waals surface area contributed by atoms with Crippen molar-refractivity contribution in [2.45, 2.75) is 63.9 Å². The van der Waals surface area contributed by atoms with Gasteiger partial charge in [-0.15, -0.1) is 0 Å². The predicted octanol–water partition coefficient (Wildman–Crippen LogP) is 3.35. The maximum Gasteiger partial charge on any atom is 0.165 e. The van der Waals surface area contributed by atoms with E-state index in [0.29, 0.717) is 10.8 Å². The Kier molecular flexibility index (Phi) is 2.13. The highest BCUT2D eigenvalue weighted by atomic mass is 16.8. The fourth-order valence-electron chi connectivity index (χ4n) is 5.53. The molecule has 4 atom stereocenters. The van der Waals surface area contributed by atoms with Crippen molar-refractivity contribution in [2.24, 2.45) is 10.8 Å². The van der Waals surface area contributed by atoms with Crippen LogP contribution in [0, 0.1) is 10.8 Å². The Morgan fingerprint density at radius 3 is 2.86 bits per heavy atom. The molecule has 0 amide bonds. The zero-order chi connectivity index (χ0) is 14.5. The molecule has 3 fully saturated rings. The summed E-state index contributed by atoms with van der Waals surface area (Å²) in [5, 5.41) is 0. The highest BCUT2D eigenvalue weighted by Crippen LogP contribution is 2.77. The fourth-order valence-corrected chi connectivity index (χ4v) is 5.53. The van der Waals surface area contributed by atoms with Gasteiger partial charge in [0.25, 0.3) is 0 Å². The molecular weight excluding hydrogens is 264 g/mol. The Hall–Kier alpha value is -0.640. The van der Waals surface area contributed by atoms with Crippen LogP contribution in [0.1, 0.15) is 46.5 Å². The minimum atomic E-state index is -0.462. The first-order chi connectivity index (χ1) is 9.93. The van der Waals surface area contributed by atoms with E-state index in [1.807, 2.05) is 0 Å². The molecule has 5 aliphatic rings. The first-order valence-corrected chi connectivity index (χ1v) is 8.30. The number of ether oxygens (including phenoxy) is 3. The lowest BCUT2D eigenvalue weighted by Gasteiger charge is -2.51. The van der Waals surface area contributed by atoms with Gasteiger partial charge in [0.2, 0.25) is 0 Å². The fraction of sp³-hybridized carbons (Fsp3) is 0.778. The molecule has 0 N–H and O–H groups in total. The minimum Gasteiger partial charge on any atom is -0.381 e. The summed E-state index contributed by atoms with van der Waals surface area (Å²) in [5.41, 5.74) is 3.48. The average molecular weight is 288 g/mol. The Bertz CT molecular complexity index is 585. The van der Waals surface area contributed by atoms with Crippen LogP contribution in [-0.4, -0.2) is 30.7 Å². The third kappa shape index (κ3) is 1.32. The van der Waals surface area contributed by atoms with Crippen LogP contribution in [0.2, 0.25) is 0 Å². The van der Waals surface area contributed by atoms with Gasteiger partial charge in [0.05, 0.1) is 6.61 Å². The second-order valence-electron chi connectivity index (χ2n) is 8.28. The zero-order valence-electron chi connectivity index (χ0n) is 13.2. The molecule has 1 spiro atoms. The lowest BCUT2D eigenvalue weighted by molar-refractivity contribution is -0.153. The maximum absolute atomic E-state index is 6.39. The van der Waals surface area contributed by atoms with Gasteiger partial charge in [-0.25, -0.2) is 0 Å². The van der Waals surface area contributed by atoms with Gasteiger partial charge in [-0.05, 0) is 50.7 Å². The summed E-state index contributed by atoms with van der Waals surface area (Å²) in [7, 11) is 0. The molecule has 2 saturated heterocycles. The molecule has 3 heteroatoms. The van der Waals surface area contributed by atoms with Crippen molar-refractivity contribution in [3.63, 3.8) is 0 Å². The summed E-state index contributed by atoms with van der Waals surface area (Å²) in [6, 6.07) is 0. The Balaban J connectivity index is 1.63. The SMILES string of the molecule is CC1(C)O[C@H]2C([C@]34CCOC[C@@]3(C)C4)=C3C=CCC[C@@]32O1. The Morgan fingerprint density at radius 2 is 2.05 bits per heavy atom. The van der Waals surface area contributed by atoms with Crippen molar-refractivity contribution in [1.82, 2.24) is 0 Å². The molecule has 0 aromatic rings. The normalized spacial score (nSPS) is 52.8. The van der Waals surface area contributed by atoms with Crippen molar-refractivity contribution in [2.75, 3.05) is 13.2 Å². The quantitative estimate of drug-likeness (QED) is 0.740. The van der Waals surface area contributed by atoms with E-state index in [1.165, 1.54) is 12.0 Å². The average Bonchev–Trinajstić information content (AvgIpc) is 2.98. The highest BCUT2D eigenvalue weighted by molar-refractivity contribution is 5.58. The van der Waals surface area contributed by atoms with Crippen molar-refractivity contribution < 1.29 is 14.2 Å². The van der Waals surface area contributed by atoms with Gasteiger partial charge in [-0.3, -0.25) is 0 Å². The number of hydrogen-bond donors (Lipinski definition) is 0. The van der Waals surface area contributed by atoms with Gasteiger partial charge in [-0.1, -0.05) is 19.1 Å². The number of rotatable bonds is 1. The number of hydrogen-bond acceptors (Lipinski definition) is 3. The molecule has 0 bridgehead atoms. The van der Waals surface area contributed by atoms with Gasteiger partial charge >= 0.3 is 0 Å². The minimum absolute atomic E-state index is 0.149. The monoisotopic (exact) mass is 288 g/mol. The summed E-state index contributed by atoms with van der Waals surface area (Å²) in [4.78, 5) is 0. The van der Waals surface area contributed by atoms with Crippen LogP contribution in [0.15, 0.2) is 23.3 Å². The van der Waals surface area contributed by atoms with Crippen LogP contribution in [0.5, 0.6) is 0 Å². The second kappa shape index (κ2) is 3.47. The Labute approximate surface area is 126 Å². The topological polar surface area (TPSA) is 27.7 Å². The molecule has 5 rings (SSSR count). The van der Waals surface area contributed by atoms with Crippen molar-refractivity contribution >= 4 is 0 Å². The summed E-state index contributed by atoms with van der Waals surface area (Å²) < 4.78 is 18.5. The largest absolute Gasteiger partial charge is 0.381 e. The molecule has 2 aliphatic heterocycles. The molecule has 21 heavy (non-hydrogen) atoms. The standard InChI is InChI=1S/C18H24O3/c1-15(2)20-14-13(12-6-4-5-7-18(12,14)21-15)17-8-9-19-11-16(17,3)10-17/h4,6,14H,5,7-11H2,1-3H3/t14-,16+,17+,18+/m0/s1. The van der Waals surface area contributed by atoms with E-state index in [1.54, 1.807) is 5.57 Å². The number of allylic oxidation sites excluding steroid dienone is 1. The van der Waals surface area contributed by atoms with Gasteiger partial charge < -0.3 is 14.2 Å². The van der Waals surface area contributed by atoms with Gasteiger partial charge in [-0.2, -0.15) is 0 Å². The molecule has 1 saturated carbocycles. The van der Waals surface area contributed by atoms with Crippen LogP contribution in [0.25, 0.3) is 0 Å². The third-order valence-corrected chi connectivity index (χ3v) is 6.56.